The normalized spacial score (nSPS) is 14.5. The summed E-state index contributed by atoms with van der Waals surface area (Å²) < 4.78 is 14.2. The Hall–Kier alpha value is -1.39. The summed E-state index contributed by atoms with van der Waals surface area (Å²) in [5, 5.41) is 2.12. The van der Waals surface area contributed by atoms with Crippen molar-refractivity contribution >= 4 is 17.0 Å². The Labute approximate surface area is 116 Å². The van der Waals surface area contributed by atoms with Gasteiger partial charge in [0.15, 0.2) is 0 Å². The first-order valence-corrected chi connectivity index (χ1v) is 7.44. The van der Waals surface area contributed by atoms with Gasteiger partial charge in [0.1, 0.15) is 5.82 Å². The third kappa shape index (κ3) is 2.51. The van der Waals surface area contributed by atoms with E-state index in [1.165, 1.54) is 10.4 Å². The Bertz CT molecular complexity index is 579. The number of fused-ring (bicyclic) bond motifs is 1. The molecule has 1 aromatic heterocycles. The summed E-state index contributed by atoms with van der Waals surface area (Å²) in [6, 6.07) is 7.63. The Morgan fingerprint density at radius 3 is 3.00 bits per heavy atom. The van der Waals surface area contributed by atoms with Crippen LogP contribution in [0.5, 0.6) is 0 Å². The first-order valence-electron chi connectivity index (χ1n) is 6.56. The van der Waals surface area contributed by atoms with Gasteiger partial charge in [0.2, 0.25) is 0 Å². The van der Waals surface area contributed by atoms with E-state index < -0.39 is 0 Å². The summed E-state index contributed by atoms with van der Waals surface area (Å²) in [6.45, 7) is 2.26. The molecule has 0 spiro atoms. The Kier molecular flexibility index (Phi) is 3.53. The summed E-state index contributed by atoms with van der Waals surface area (Å²) in [7, 11) is 0. The molecule has 1 aliphatic heterocycles. The van der Waals surface area contributed by atoms with Crippen LogP contribution in [0.3, 0.4) is 0 Å². The Balaban J connectivity index is 1.83. The number of benzene rings is 1. The van der Waals surface area contributed by atoms with E-state index in [9.17, 15) is 4.39 Å². The van der Waals surface area contributed by atoms with Gasteiger partial charge in [-0.05, 0) is 54.1 Å². The zero-order chi connectivity index (χ0) is 13.2. The molecular weight excluding hydrogens is 259 g/mol. The van der Waals surface area contributed by atoms with Gasteiger partial charge in [0.25, 0.3) is 0 Å². The monoisotopic (exact) mass is 276 g/mol. The standard InChI is InChI=1S/C15H17FN2S/c16-13-9-11(3-6-17)1-2-14(13)18-7-4-15-12(10-18)5-8-19-15/h1-2,5,8-9H,3-4,6-7,10,17H2. The van der Waals surface area contributed by atoms with Crippen LogP contribution in [0.4, 0.5) is 10.1 Å². The van der Waals surface area contributed by atoms with Crippen molar-refractivity contribution in [3.8, 4) is 0 Å². The highest BCUT2D eigenvalue weighted by atomic mass is 32.1. The fourth-order valence-electron chi connectivity index (χ4n) is 2.58. The molecule has 0 fully saturated rings. The number of hydrogen-bond acceptors (Lipinski definition) is 3. The maximum absolute atomic E-state index is 14.2. The van der Waals surface area contributed by atoms with Gasteiger partial charge in [0.05, 0.1) is 5.69 Å². The summed E-state index contributed by atoms with van der Waals surface area (Å²) in [5.74, 6) is -0.135. The lowest BCUT2D eigenvalue weighted by Crippen LogP contribution is -2.30. The van der Waals surface area contributed by atoms with Crippen LogP contribution in [0.15, 0.2) is 29.6 Å². The minimum atomic E-state index is -0.135. The van der Waals surface area contributed by atoms with Gasteiger partial charge in [-0.1, -0.05) is 6.07 Å². The van der Waals surface area contributed by atoms with Crippen LogP contribution >= 0.6 is 11.3 Å². The average molecular weight is 276 g/mol. The fourth-order valence-corrected chi connectivity index (χ4v) is 3.47. The Morgan fingerprint density at radius 2 is 2.21 bits per heavy atom. The van der Waals surface area contributed by atoms with Gasteiger partial charge in [-0.15, -0.1) is 11.3 Å². The highest BCUT2D eigenvalue weighted by Gasteiger charge is 2.19. The van der Waals surface area contributed by atoms with E-state index in [-0.39, 0.29) is 5.82 Å². The van der Waals surface area contributed by atoms with Crippen LogP contribution in [-0.4, -0.2) is 13.1 Å². The van der Waals surface area contributed by atoms with Crippen LogP contribution in [0, 0.1) is 5.82 Å². The lowest BCUT2D eigenvalue weighted by atomic mass is 10.1. The van der Waals surface area contributed by atoms with E-state index in [0.717, 1.165) is 31.5 Å². The molecule has 0 saturated heterocycles. The van der Waals surface area contributed by atoms with Gasteiger partial charge >= 0.3 is 0 Å². The van der Waals surface area contributed by atoms with Crippen molar-refractivity contribution < 1.29 is 4.39 Å². The van der Waals surface area contributed by atoms with Crippen molar-refractivity contribution in [1.29, 1.82) is 0 Å². The third-order valence-corrected chi connectivity index (χ3v) is 4.62. The second-order valence-corrected chi connectivity index (χ2v) is 5.87. The molecule has 1 aliphatic rings. The predicted octanol–water partition coefficient (Wildman–Crippen LogP) is 2.95. The highest BCUT2D eigenvalue weighted by molar-refractivity contribution is 7.10. The number of halogens is 1. The van der Waals surface area contributed by atoms with Crippen LogP contribution in [0.2, 0.25) is 0 Å². The molecule has 2 aromatic rings. The van der Waals surface area contributed by atoms with Crippen molar-refractivity contribution in [3.05, 3.63) is 51.5 Å². The molecule has 2 nitrogen and oxygen atoms in total. The number of rotatable bonds is 3. The number of anilines is 1. The van der Waals surface area contributed by atoms with Gasteiger partial charge in [-0.3, -0.25) is 0 Å². The first kappa shape index (κ1) is 12.6. The molecule has 3 rings (SSSR count). The third-order valence-electron chi connectivity index (χ3n) is 3.59. The predicted molar refractivity (Wildman–Crippen MR) is 78.2 cm³/mol. The minimum absolute atomic E-state index is 0.135. The number of hydrogen-bond donors (Lipinski definition) is 1. The molecule has 19 heavy (non-hydrogen) atoms. The molecule has 0 aliphatic carbocycles. The van der Waals surface area contributed by atoms with E-state index in [1.54, 1.807) is 17.4 Å². The molecule has 0 amide bonds. The van der Waals surface area contributed by atoms with E-state index in [1.807, 2.05) is 12.1 Å². The number of nitrogens with zero attached hydrogens (tertiary/aromatic N) is 1. The van der Waals surface area contributed by atoms with E-state index in [2.05, 4.69) is 16.3 Å². The summed E-state index contributed by atoms with van der Waals surface area (Å²) in [5.41, 5.74) is 8.51. The van der Waals surface area contributed by atoms with Crippen LogP contribution in [-0.2, 0) is 19.4 Å². The lowest BCUT2D eigenvalue weighted by Gasteiger charge is -2.29. The zero-order valence-corrected chi connectivity index (χ0v) is 11.5. The van der Waals surface area contributed by atoms with Gasteiger partial charge in [0, 0.05) is 18.0 Å². The SMILES string of the molecule is NCCc1ccc(N2CCc3sccc3C2)c(F)c1. The molecule has 4 heteroatoms. The van der Waals surface area contributed by atoms with Crippen molar-refractivity contribution in [2.75, 3.05) is 18.0 Å². The molecule has 100 valence electrons. The van der Waals surface area contributed by atoms with Crippen LogP contribution in [0.1, 0.15) is 16.0 Å². The summed E-state index contributed by atoms with van der Waals surface area (Å²) in [6.07, 6.45) is 1.74. The zero-order valence-electron chi connectivity index (χ0n) is 10.7. The van der Waals surface area contributed by atoms with E-state index in [4.69, 9.17) is 5.73 Å². The van der Waals surface area contributed by atoms with Gasteiger partial charge in [-0.2, -0.15) is 0 Å². The quantitative estimate of drug-likeness (QED) is 0.934. The molecule has 0 radical (unpaired) electrons. The number of thiophene rings is 1. The largest absolute Gasteiger partial charge is 0.364 e. The fraction of sp³-hybridized carbons (Fsp3) is 0.333. The summed E-state index contributed by atoms with van der Waals surface area (Å²) >= 11 is 1.80. The smallest absolute Gasteiger partial charge is 0.146 e. The molecule has 0 unspecified atom stereocenters. The van der Waals surface area contributed by atoms with Gasteiger partial charge in [-0.25, -0.2) is 4.39 Å². The molecule has 0 saturated carbocycles. The molecule has 0 atom stereocenters. The van der Waals surface area contributed by atoms with E-state index >= 15 is 0 Å². The molecule has 0 bridgehead atoms. The topological polar surface area (TPSA) is 29.3 Å². The van der Waals surface area contributed by atoms with Crippen LogP contribution < -0.4 is 10.6 Å². The molecule has 2 N–H and O–H groups in total. The maximum atomic E-state index is 14.2. The average Bonchev–Trinajstić information content (AvgIpc) is 2.86. The van der Waals surface area contributed by atoms with Crippen molar-refractivity contribution in [2.45, 2.75) is 19.4 Å². The first-order chi connectivity index (χ1) is 9.28. The van der Waals surface area contributed by atoms with Gasteiger partial charge < -0.3 is 10.6 Å². The minimum Gasteiger partial charge on any atom is -0.364 e. The lowest BCUT2D eigenvalue weighted by molar-refractivity contribution is 0.609. The van der Waals surface area contributed by atoms with E-state index in [0.29, 0.717) is 12.2 Å². The second kappa shape index (κ2) is 5.31. The molecule has 1 aromatic carbocycles. The van der Waals surface area contributed by atoms with Crippen molar-refractivity contribution in [1.82, 2.24) is 0 Å². The summed E-state index contributed by atoms with van der Waals surface area (Å²) in [4.78, 5) is 3.56. The van der Waals surface area contributed by atoms with Crippen molar-refractivity contribution in [2.24, 2.45) is 5.73 Å². The maximum Gasteiger partial charge on any atom is 0.146 e. The number of nitrogens with two attached hydrogens (primary N) is 1. The van der Waals surface area contributed by atoms with Crippen LogP contribution in [0.25, 0.3) is 0 Å². The second-order valence-electron chi connectivity index (χ2n) is 4.87. The highest BCUT2D eigenvalue weighted by Crippen LogP contribution is 2.29. The molecule has 2 heterocycles. The Morgan fingerprint density at radius 1 is 1.32 bits per heavy atom. The van der Waals surface area contributed by atoms with Crippen molar-refractivity contribution in [3.63, 3.8) is 0 Å². The molecular formula is C15H17FN2S.